The zero-order chi connectivity index (χ0) is 9.97. The van der Waals surface area contributed by atoms with Gasteiger partial charge >= 0.3 is 0 Å². The Hall–Kier alpha value is -1.01. The quantitative estimate of drug-likeness (QED) is 0.721. The van der Waals surface area contributed by atoms with Gasteiger partial charge in [-0.3, -0.25) is 0 Å². The van der Waals surface area contributed by atoms with E-state index in [1.807, 2.05) is 6.92 Å². The molecule has 1 aliphatic rings. The van der Waals surface area contributed by atoms with Gasteiger partial charge < -0.3 is 10.5 Å². The number of hydrogen-bond acceptors (Lipinski definition) is 5. The molecule has 2 atom stereocenters. The SMILES string of the molecule is CC(N)c1nnnn1CC1CCOC1. The fourth-order valence-corrected chi connectivity index (χ4v) is 1.64. The number of nitrogens with two attached hydrogens (primary N) is 1. The van der Waals surface area contributed by atoms with E-state index in [2.05, 4.69) is 15.5 Å². The van der Waals surface area contributed by atoms with E-state index in [0.717, 1.165) is 32.0 Å². The molecule has 78 valence electrons. The smallest absolute Gasteiger partial charge is 0.167 e. The maximum absolute atomic E-state index is 5.74. The lowest BCUT2D eigenvalue weighted by Gasteiger charge is -2.10. The van der Waals surface area contributed by atoms with E-state index in [4.69, 9.17) is 10.5 Å². The molecule has 1 saturated heterocycles. The summed E-state index contributed by atoms with van der Waals surface area (Å²) in [6.45, 7) is 4.34. The van der Waals surface area contributed by atoms with Crippen LogP contribution in [0.2, 0.25) is 0 Å². The third-order valence-corrected chi connectivity index (χ3v) is 2.42. The first-order chi connectivity index (χ1) is 6.77. The molecule has 2 unspecified atom stereocenters. The monoisotopic (exact) mass is 197 g/mol. The zero-order valence-corrected chi connectivity index (χ0v) is 8.26. The summed E-state index contributed by atoms with van der Waals surface area (Å²) in [6.07, 6.45) is 1.08. The standard InChI is InChI=1S/C8H15N5O/c1-6(9)8-10-11-12-13(8)4-7-2-3-14-5-7/h6-7H,2-5,9H2,1H3. The number of aromatic nitrogens is 4. The van der Waals surface area contributed by atoms with Gasteiger partial charge in [-0.25, -0.2) is 4.68 Å². The van der Waals surface area contributed by atoms with Crippen LogP contribution in [0.15, 0.2) is 0 Å². The Morgan fingerprint density at radius 3 is 3.21 bits per heavy atom. The molecule has 6 heteroatoms. The summed E-state index contributed by atoms with van der Waals surface area (Å²) >= 11 is 0. The highest BCUT2D eigenvalue weighted by Gasteiger charge is 2.19. The molecule has 6 nitrogen and oxygen atoms in total. The fraction of sp³-hybridized carbons (Fsp3) is 0.875. The minimum absolute atomic E-state index is 0.118. The number of hydrogen-bond donors (Lipinski definition) is 1. The van der Waals surface area contributed by atoms with Gasteiger partial charge in [-0.15, -0.1) is 5.10 Å². The maximum atomic E-state index is 5.74. The lowest BCUT2D eigenvalue weighted by atomic mass is 10.1. The van der Waals surface area contributed by atoms with Gasteiger partial charge in [-0.2, -0.15) is 0 Å². The van der Waals surface area contributed by atoms with Crippen LogP contribution in [0.5, 0.6) is 0 Å². The minimum atomic E-state index is -0.118. The molecule has 0 bridgehead atoms. The molecule has 1 fully saturated rings. The molecule has 1 aliphatic heterocycles. The molecular formula is C8H15N5O. The Labute approximate surface area is 82.4 Å². The normalized spacial score (nSPS) is 24.0. The van der Waals surface area contributed by atoms with Crippen molar-refractivity contribution in [3.05, 3.63) is 5.82 Å². The first kappa shape index (κ1) is 9.54. The van der Waals surface area contributed by atoms with Gasteiger partial charge in [0, 0.05) is 19.1 Å². The molecular weight excluding hydrogens is 182 g/mol. The average Bonchev–Trinajstić information content (AvgIpc) is 2.75. The van der Waals surface area contributed by atoms with Crippen LogP contribution in [0.1, 0.15) is 25.2 Å². The third kappa shape index (κ3) is 1.91. The van der Waals surface area contributed by atoms with Crippen LogP contribution in [0.3, 0.4) is 0 Å². The molecule has 1 aromatic rings. The lowest BCUT2D eigenvalue weighted by molar-refractivity contribution is 0.181. The average molecular weight is 197 g/mol. The molecule has 0 aliphatic carbocycles. The summed E-state index contributed by atoms with van der Waals surface area (Å²) in [5, 5.41) is 11.4. The van der Waals surface area contributed by atoms with Crippen molar-refractivity contribution in [2.45, 2.75) is 25.9 Å². The molecule has 0 aromatic carbocycles. The highest BCUT2D eigenvalue weighted by Crippen LogP contribution is 2.15. The lowest BCUT2D eigenvalue weighted by Crippen LogP contribution is -2.19. The number of rotatable bonds is 3. The minimum Gasteiger partial charge on any atom is -0.381 e. The topological polar surface area (TPSA) is 78.9 Å². The van der Waals surface area contributed by atoms with E-state index in [-0.39, 0.29) is 6.04 Å². The van der Waals surface area contributed by atoms with E-state index in [0.29, 0.717) is 5.92 Å². The highest BCUT2D eigenvalue weighted by molar-refractivity contribution is 4.88. The third-order valence-electron chi connectivity index (χ3n) is 2.42. The summed E-state index contributed by atoms with van der Waals surface area (Å²) in [4.78, 5) is 0. The number of ether oxygens (including phenoxy) is 1. The van der Waals surface area contributed by atoms with Crippen LogP contribution >= 0.6 is 0 Å². The van der Waals surface area contributed by atoms with Crippen LogP contribution in [-0.2, 0) is 11.3 Å². The Bertz CT molecular complexity index is 292. The first-order valence-electron chi connectivity index (χ1n) is 4.86. The second kappa shape index (κ2) is 4.02. The van der Waals surface area contributed by atoms with Crippen LogP contribution in [0.25, 0.3) is 0 Å². The highest BCUT2D eigenvalue weighted by atomic mass is 16.5. The predicted octanol–water partition coefficient (Wildman–Crippen LogP) is -0.271. The van der Waals surface area contributed by atoms with Crippen molar-refractivity contribution >= 4 is 0 Å². The summed E-state index contributed by atoms with van der Waals surface area (Å²) in [6, 6.07) is -0.118. The van der Waals surface area contributed by atoms with Crippen molar-refractivity contribution in [2.75, 3.05) is 13.2 Å². The summed E-state index contributed by atoms with van der Waals surface area (Å²) < 4.78 is 7.07. The van der Waals surface area contributed by atoms with Gasteiger partial charge in [-0.1, -0.05) is 0 Å². The molecule has 2 heterocycles. The van der Waals surface area contributed by atoms with Crippen LogP contribution in [0.4, 0.5) is 0 Å². The summed E-state index contributed by atoms with van der Waals surface area (Å²) in [7, 11) is 0. The van der Waals surface area contributed by atoms with Crippen LogP contribution in [-0.4, -0.2) is 33.4 Å². The van der Waals surface area contributed by atoms with Gasteiger partial charge in [0.25, 0.3) is 0 Å². The van der Waals surface area contributed by atoms with Gasteiger partial charge in [0.05, 0.1) is 12.6 Å². The maximum Gasteiger partial charge on any atom is 0.167 e. The first-order valence-corrected chi connectivity index (χ1v) is 4.86. The van der Waals surface area contributed by atoms with Crippen molar-refractivity contribution in [1.29, 1.82) is 0 Å². The Kier molecular flexibility index (Phi) is 2.74. The van der Waals surface area contributed by atoms with E-state index < -0.39 is 0 Å². The largest absolute Gasteiger partial charge is 0.381 e. The van der Waals surface area contributed by atoms with Crippen molar-refractivity contribution in [1.82, 2.24) is 20.2 Å². The second-order valence-electron chi connectivity index (χ2n) is 3.74. The molecule has 0 saturated carbocycles. The van der Waals surface area contributed by atoms with Crippen molar-refractivity contribution in [3.8, 4) is 0 Å². The van der Waals surface area contributed by atoms with Gasteiger partial charge in [-0.05, 0) is 23.8 Å². The molecule has 0 spiro atoms. The molecule has 0 radical (unpaired) electrons. The van der Waals surface area contributed by atoms with Gasteiger partial charge in [0.15, 0.2) is 5.82 Å². The second-order valence-corrected chi connectivity index (χ2v) is 3.74. The summed E-state index contributed by atoms with van der Waals surface area (Å²) in [5.41, 5.74) is 5.74. The van der Waals surface area contributed by atoms with E-state index >= 15 is 0 Å². The Morgan fingerprint density at radius 2 is 2.57 bits per heavy atom. The molecule has 1 aromatic heterocycles. The Morgan fingerprint density at radius 1 is 1.71 bits per heavy atom. The van der Waals surface area contributed by atoms with Crippen molar-refractivity contribution in [2.24, 2.45) is 11.7 Å². The van der Waals surface area contributed by atoms with E-state index in [1.54, 1.807) is 4.68 Å². The predicted molar refractivity (Wildman–Crippen MR) is 49.3 cm³/mol. The zero-order valence-electron chi connectivity index (χ0n) is 8.26. The van der Waals surface area contributed by atoms with Gasteiger partial charge in [0.1, 0.15) is 0 Å². The van der Waals surface area contributed by atoms with Crippen LogP contribution < -0.4 is 5.73 Å². The van der Waals surface area contributed by atoms with E-state index in [1.165, 1.54) is 0 Å². The number of nitrogens with zero attached hydrogens (tertiary/aromatic N) is 4. The van der Waals surface area contributed by atoms with Crippen LogP contribution in [0, 0.1) is 5.92 Å². The molecule has 14 heavy (non-hydrogen) atoms. The fourth-order valence-electron chi connectivity index (χ4n) is 1.64. The molecule has 2 rings (SSSR count). The van der Waals surface area contributed by atoms with Gasteiger partial charge in [0.2, 0.25) is 0 Å². The van der Waals surface area contributed by atoms with Crippen molar-refractivity contribution < 1.29 is 4.74 Å². The van der Waals surface area contributed by atoms with E-state index in [9.17, 15) is 0 Å². The summed E-state index contributed by atoms with van der Waals surface area (Å²) in [5.74, 6) is 1.27. The molecule has 0 amide bonds. The Balaban J connectivity index is 2.04. The number of tetrazole rings is 1. The molecule has 2 N–H and O–H groups in total. The van der Waals surface area contributed by atoms with Crippen molar-refractivity contribution in [3.63, 3.8) is 0 Å².